The van der Waals surface area contributed by atoms with Gasteiger partial charge in [0.2, 0.25) is 5.91 Å². The van der Waals surface area contributed by atoms with Gasteiger partial charge in [-0.25, -0.2) is 0 Å². The molecule has 12 N–H and O–H groups in total. The number of aliphatic hydroxyl groups is 11. The van der Waals surface area contributed by atoms with Crippen molar-refractivity contribution in [2.45, 2.75) is 298 Å². The van der Waals surface area contributed by atoms with Crippen molar-refractivity contribution in [3.63, 3.8) is 0 Å². The van der Waals surface area contributed by atoms with Crippen molar-refractivity contribution >= 4 is 5.91 Å². The maximum absolute atomic E-state index is 13.3. The third-order valence-electron chi connectivity index (χ3n) is 14.8. The summed E-state index contributed by atoms with van der Waals surface area (Å²) in [6, 6.07) is -0.984. The number of hydrogen-bond acceptors (Lipinski definition) is 18. The van der Waals surface area contributed by atoms with Gasteiger partial charge in [-0.1, -0.05) is 179 Å². The molecular weight excluding hydrogens is 975 g/mol. The average Bonchev–Trinajstić information content (AvgIpc) is 3.41. The third-order valence-corrected chi connectivity index (χ3v) is 14.8. The van der Waals surface area contributed by atoms with Crippen LogP contribution in [0.4, 0.5) is 0 Å². The van der Waals surface area contributed by atoms with Crippen LogP contribution in [0, 0.1) is 0 Å². The van der Waals surface area contributed by atoms with Gasteiger partial charge in [-0.3, -0.25) is 4.79 Å². The molecule has 3 fully saturated rings. The fourth-order valence-corrected chi connectivity index (χ4v) is 9.91. The number of nitrogens with one attached hydrogen (secondary N) is 1. The molecule has 0 spiro atoms. The summed E-state index contributed by atoms with van der Waals surface area (Å²) in [6.07, 6.45) is 13.1. The SMILES string of the molecule is CCCCCCCCCCCCC/C=C/CC/C=C/C(O)C(COC1OC(CO)C(OC2OC(CO)C(OC3OC(CO)C(O)C(O)C3O)C(O)C2O)C(O)C1O)NC(=O)CCCCCCCCCCCCCCC. The Morgan fingerprint density at radius 1 is 0.467 bits per heavy atom. The molecule has 0 aliphatic carbocycles. The topological polar surface area (TPSA) is 307 Å². The summed E-state index contributed by atoms with van der Waals surface area (Å²) in [5.74, 6) is -0.286. The van der Waals surface area contributed by atoms with Gasteiger partial charge >= 0.3 is 0 Å². The maximum atomic E-state index is 13.3. The Bertz CT molecular complexity index is 1480. The van der Waals surface area contributed by atoms with E-state index in [-0.39, 0.29) is 18.9 Å². The fourth-order valence-electron chi connectivity index (χ4n) is 9.91. The van der Waals surface area contributed by atoms with E-state index in [1.165, 1.54) is 122 Å². The number of ether oxygens (including phenoxy) is 6. The predicted octanol–water partition coefficient (Wildman–Crippen LogP) is 4.37. The molecule has 17 atom stereocenters. The largest absolute Gasteiger partial charge is 0.394 e. The molecule has 75 heavy (non-hydrogen) atoms. The zero-order chi connectivity index (χ0) is 54.8. The summed E-state index contributed by atoms with van der Waals surface area (Å²) in [4.78, 5) is 13.3. The smallest absolute Gasteiger partial charge is 0.220 e. The van der Waals surface area contributed by atoms with E-state index in [2.05, 4.69) is 31.3 Å². The second kappa shape index (κ2) is 40.4. The lowest BCUT2D eigenvalue weighted by molar-refractivity contribution is -0.379. The first-order valence-electron chi connectivity index (χ1n) is 29.1. The molecule has 440 valence electrons. The molecule has 0 radical (unpaired) electrons. The molecule has 0 bridgehead atoms. The Hall–Kier alpha value is -1.73. The second-order valence-corrected chi connectivity index (χ2v) is 21.1. The van der Waals surface area contributed by atoms with Crippen LogP contribution in [0.3, 0.4) is 0 Å². The van der Waals surface area contributed by atoms with E-state index in [1.807, 2.05) is 6.08 Å². The van der Waals surface area contributed by atoms with Crippen LogP contribution in [0.2, 0.25) is 0 Å². The highest BCUT2D eigenvalue weighted by molar-refractivity contribution is 5.76. The number of unbranched alkanes of at least 4 members (excludes halogenated alkanes) is 24. The van der Waals surface area contributed by atoms with Crippen LogP contribution in [0.15, 0.2) is 24.3 Å². The second-order valence-electron chi connectivity index (χ2n) is 21.1. The van der Waals surface area contributed by atoms with Crippen molar-refractivity contribution in [1.82, 2.24) is 5.32 Å². The minimum atomic E-state index is -1.98. The number of carbonyl (C=O) groups excluding carboxylic acids is 1. The monoisotopic (exact) mass is 1080 g/mol. The van der Waals surface area contributed by atoms with E-state index in [0.29, 0.717) is 12.8 Å². The number of aliphatic hydroxyl groups excluding tert-OH is 11. The van der Waals surface area contributed by atoms with Crippen LogP contribution >= 0.6 is 0 Å². The minimum Gasteiger partial charge on any atom is -0.394 e. The van der Waals surface area contributed by atoms with Gasteiger partial charge in [0.25, 0.3) is 0 Å². The van der Waals surface area contributed by atoms with Crippen LogP contribution < -0.4 is 5.32 Å². The van der Waals surface area contributed by atoms with Crippen LogP contribution in [0.25, 0.3) is 0 Å². The lowest BCUT2D eigenvalue weighted by Gasteiger charge is -2.48. The molecule has 3 saturated heterocycles. The summed E-state index contributed by atoms with van der Waals surface area (Å²) in [5, 5.41) is 120. The van der Waals surface area contributed by atoms with Gasteiger partial charge < -0.3 is 89.9 Å². The van der Waals surface area contributed by atoms with Crippen molar-refractivity contribution in [1.29, 1.82) is 0 Å². The van der Waals surface area contributed by atoms with Crippen molar-refractivity contribution in [3.8, 4) is 0 Å². The highest BCUT2D eigenvalue weighted by Gasteiger charge is 2.53. The summed E-state index contributed by atoms with van der Waals surface area (Å²) in [7, 11) is 0. The van der Waals surface area contributed by atoms with E-state index in [0.717, 1.165) is 38.5 Å². The first kappa shape index (κ1) is 67.5. The van der Waals surface area contributed by atoms with Crippen molar-refractivity contribution in [2.24, 2.45) is 0 Å². The summed E-state index contributed by atoms with van der Waals surface area (Å²) >= 11 is 0. The van der Waals surface area contributed by atoms with Crippen molar-refractivity contribution < 1.29 is 89.4 Å². The molecule has 19 heteroatoms. The number of carbonyl (C=O) groups is 1. The van der Waals surface area contributed by atoms with Crippen LogP contribution in [0.5, 0.6) is 0 Å². The summed E-state index contributed by atoms with van der Waals surface area (Å²) in [5.41, 5.74) is 0. The molecule has 19 nitrogen and oxygen atoms in total. The highest BCUT2D eigenvalue weighted by Crippen LogP contribution is 2.33. The standard InChI is InChI=1S/C56H103NO18/c1-3-5-7-9-11-13-15-17-18-19-20-22-23-25-27-29-31-33-40(61)39(57-44(62)34-32-30-28-26-24-21-16-14-12-10-8-6-4-2)38-70-54-50(68)47(65)52(42(36-59)72-54)75-56-51(69)48(66)53(43(37-60)73-56)74-55-49(67)46(64)45(63)41(35-58)71-55/h23,25,31,33,39-43,45-56,58-61,63-69H,3-22,24,26-30,32,34-38H2,1-2H3,(H,57,62)/b25-23+,33-31+. The fraction of sp³-hybridized carbons (Fsp3) is 0.911. The van der Waals surface area contributed by atoms with E-state index in [4.69, 9.17) is 28.4 Å². The normalized spacial score (nSPS) is 31.3. The van der Waals surface area contributed by atoms with E-state index in [9.17, 15) is 61.0 Å². The van der Waals surface area contributed by atoms with Gasteiger partial charge in [0.05, 0.1) is 38.6 Å². The maximum Gasteiger partial charge on any atom is 0.220 e. The first-order chi connectivity index (χ1) is 36.3. The first-order valence-corrected chi connectivity index (χ1v) is 29.1. The molecule has 3 aliphatic heterocycles. The van der Waals surface area contributed by atoms with Gasteiger partial charge in [-0.05, 0) is 32.1 Å². The molecular formula is C56H103NO18. The van der Waals surface area contributed by atoms with Gasteiger partial charge in [0.1, 0.15) is 73.2 Å². The Morgan fingerprint density at radius 3 is 1.33 bits per heavy atom. The van der Waals surface area contributed by atoms with Crippen molar-refractivity contribution in [2.75, 3.05) is 26.4 Å². The Labute approximate surface area is 448 Å². The van der Waals surface area contributed by atoms with Gasteiger partial charge in [-0.15, -0.1) is 0 Å². The Kier molecular flexibility index (Phi) is 36.4. The lowest BCUT2D eigenvalue weighted by atomic mass is 9.96. The van der Waals surface area contributed by atoms with Gasteiger partial charge in [0.15, 0.2) is 18.9 Å². The van der Waals surface area contributed by atoms with E-state index >= 15 is 0 Å². The molecule has 0 aromatic carbocycles. The van der Waals surface area contributed by atoms with E-state index in [1.54, 1.807) is 6.08 Å². The zero-order valence-corrected chi connectivity index (χ0v) is 45.5. The number of amides is 1. The van der Waals surface area contributed by atoms with Crippen molar-refractivity contribution in [3.05, 3.63) is 24.3 Å². The summed E-state index contributed by atoms with van der Waals surface area (Å²) in [6.45, 7) is 1.69. The molecule has 0 aromatic rings. The average molecular weight is 1080 g/mol. The van der Waals surface area contributed by atoms with Crippen LogP contribution in [0.1, 0.15) is 194 Å². The number of rotatable bonds is 42. The Morgan fingerprint density at radius 2 is 0.853 bits per heavy atom. The molecule has 0 saturated carbocycles. The zero-order valence-electron chi connectivity index (χ0n) is 45.5. The molecule has 3 heterocycles. The number of hydrogen-bond donors (Lipinski definition) is 12. The highest BCUT2D eigenvalue weighted by atomic mass is 16.8. The van der Waals surface area contributed by atoms with E-state index < -0.39 is 124 Å². The molecule has 17 unspecified atom stereocenters. The van der Waals surface area contributed by atoms with Gasteiger partial charge in [-0.2, -0.15) is 0 Å². The van der Waals surface area contributed by atoms with Crippen LogP contribution in [-0.4, -0.2) is 193 Å². The molecule has 3 rings (SSSR count). The summed E-state index contributed by atoms with van der Waals surface area (Å²) < 4.78 is 34.2. The Balaban J connectivity index is 1.54. The third kappa shape index (κ3) is 25.1. The minimum absolute atomic E-state index is 0.239. The quantitative estimate of drug-likeness (QED) is 0.0298. The predicted molar refractivity (Wildman–Crippen MR) is 282 cm³/mol. The van der Waals surface area contributed by atoms with Gasteiger partial charge in [0, 0.05) is 6.42 Å². The number of allylic oxidation sites excluding steroid dienone is 3. The lowest BCUT2D eigenvalue weighted by Crippen LogP contribution is -2.66. The molecule has 0 aromatic heterocycles. The molecule has 1 amide bonds. The molecule has 3 aliphatic rings. The van der Waals surface area contributed by atoms with Crippen LogP contribution in [-0.2, 0) is 33.2 Å².